The summed E-state index contributed by atoms with van der Waals surface area (Å²) in [5.74, 6) is 1.11. The summed E-state index contributed by atoms with van der Waals surface area (Å²) >= 11 is 3.54. The molecule has 3 nitrogen and oxygen atoms in total. The third kappa shape index (κ3) is 3.95. The quantitative estimate of drug-likeness (QED) is 0.799. The fourth-order valence-electron chi connectivity index (χ4n) is 2.60. The van der Waals surface area contributed by atoms with Gasteiger partial charge in [-0.3, -0.25) is 0 Å². The van der Waals surface area contributed by atoms with Crippen molar-refractivity contribution in [1.29, 1.82) is 0 Å². The zero-order valence-electron chi connectivity index (χ0n) is 13.1. The summed E-state index contributed by atoms with van der Waals surface area (Å²) < 4.78 is 3.38. The summed E-state index contributed by atoms with van der Waals surface area (Å²) in [4.78, 5) is 4.62. The van der Waals surface area contributed by atoms with Crippen molar-refractivity contribution < 1.29 is 0 Å². The van der Waals surface area contributed by atoms with E-state index in [9.17, 15) is 0 Å². The van der Waals surface area contributed by atoms with Gasteiger partial charge in [-0.25, -0.2) is 4.98 Å². The zero-order chi connectivity index (χ0) is 15.2. The number of rotatable bonds is 7. The van der Waals surface area contributed by atoms with Crippen LogP contribution in [0, 0.1) is 6.92 Å². The molecule has 0 aliphatic heterocycles. The van der Waals surface area contributed by atoms with Crippen LogP contribution in [0.3, 0.4) is 0 Å². The predicted octanol–water partition coefficient (Wildman–Crippen LogP) is 4.45. The Labute approximate surface area is 135 Å². The first-order valence-corrected chi connectivity index (χ1v) is 8.47. The molecule has 1 aromatic heterocycles. The van der Waals surface area contributed by atoms with Crippen molar-refractivity contribution in [1.82, 2.24) is 14.9 Å². The highest BCUT2D eigenvalue weighted by molar-refractivity contribution is 9.10. The molecule has 0 amide bonds. The standard InChI is InChI=1S/C17H24BrN3/c1-4-8-19-16(15-7-6-14(18)12-13(15)3)17-20-9-11-21(17)10-5-2/h6-7,9,11-12,16,19H,4-5,8,10H2,1-3H3. The maximum atomic E-state index is 4.62. The summed E-state index contributed by atoms with van der Waals surface area (Å²) in [5.41, 5.74) is 2.58. The molecule has 1 atom stereocenters. The van der Waals surface area contributed by atoms with Gasteiger partial charge in [0.15, 0.2) is 0 Å². The minimum Gasteiger partial charge on any atom is -0.333 e. The van der Waals surface area contributed by atoms with Gasteiger partial charge in [0.25, 0.3) is 0 Å². The van der Waals surface area contributed by atoms with E-state index in [-0.39, 0.29) is 6.04 Å². The first-order chi connectivity index (χ1) is 10.2. The fraction of sp³-hybridized carbons (Fsp3) is 0.471. The lowest BCUT2D eigenvalue weighted by Gasteiger charge is -2.22. The fourth-order valence-corrected chi connectivity index (χ4v) is 3.08. The number of aromatic nitrogens is 2. The van der Waals surface area contributed by atoms with Crippen LogP contribution in [0.25, 0.3) is 0 Å². The molecule has 1 N–H and O–H groups in total. The lowest BCUT2D eigenvalue weighted by molar-refractivity contribution is 0.528. The molecule has 2 rings (SSSR count). The Morgan fingerprint density at radius 1 is 1.29 bits per heavy atom. The highest BCUT2D eigenvalue weighted by Crippen LogP contribution is 2.26. The van der Waals surface area contributed by atoms with Gasteiger partial charge in [-0.15, -0.1) is 0 Å². The minimum atomic E-state index is 0.152. The lowest BCUT2D eigenvalue weighted by Crippen LogP contribution is -2.27. The smallest absolute Gasteiger partial charge is 0.130 e. The second-order valence-corrected chi connectivity index (χ2v) is 6.28. The molecular weight excluding hydrogens is 326 g/mol. The lowest BCUT2D eigenvalue weighted by atomic mass is 10.0. The number of imidazole rings is 1. The molecule has 0 radical (unpaired) electrons. The summed E-state index contributed by atoms with van der Waals surface area (Å²) in [6.07, 6.45) is 6.21. The maximum Gasteiger partial charge on any atom is 0.130 e. The van der Waals surface area contributed by atoms with Crippen molar-refractivity contribution in [2.24, 2.45) is 0 Å². The van der Waals surface area contributed by atoms with Crippen LogP contribution in [0.1, 0.15) is 49.7 Å². The zero-order valence-corrected chi connectivity index (χ0v) is 14.7. The average Bonchev–Trinajstić information content (AvgIpc) is 2.90. The maximum absolute atomic E-state index is 4.62. The largest absolute Gasteiger partial charge is 0.333 e. The molecule has 0 saturated heterocycles. The number of nitrogens with zero attached hydrogens (tertiary/aromatic N) is 2. The van der Waals surface area contributed by atoms with E-state index in [1.807, 2.05) is 6.20 Å². The Balaban J connectivity index is 2.39. The van der Waals surface area contributed by atoms with Gasteiger partial charge in [-0.05, 0) is 49.6 Å². The Bertz CT molecular complexity index is 577. The van der Waals surface area contributed by atoms with Crippen LogP contribution in [0.4, 0.5) is 0 Å². The molecule has 0 fully saturated rings. The Morgan fingerprint density at radius 3 is 2.76 bits per heavy atom. The van der Waals surface area contributed by atoms with Crippen LogP contribution in [0.15, 0.2) is 35.1 Å². The van der Waals surface area contributed by atoms with Crippen molar-refractivity contribution in [2.45, 2.75) is 46.2 Å². The molecule has 0 aliphatic rings. The number of halogens is 1. The highest BCUT2D eigenvalue weighted by Gasteiger charge is 2.20. The molecule has 0 aliphatic carbocycles. The van der Waals surface area contributed by atoms with E-state index in [4.69, 9.17) is 0 Å². The normalized spacial score (nSPS) is 12.6. The number of benzene rings is 1. The van der Waals surface area contributed by atoms with Crippen LogP contribution < -0.4 is 5.32 Å². The van der Waals surface area contributed by atoms with E-state index in [1.54, 1.807) is 0 Å². The molecule has 0 saturated carbocycles. The van der Waals surface area contributed by atoms with Crippen LogP contribution in [-0.2, 0) is 6.54 Å². The average molecular weight is 350 g/mol. The SMILES string of the molecule is CCCNC(c1ccc(Br)cc1C)c1nccn1CCC. The first-order valence-electron chi connectivity index (χ1n) is 7.67. The second-order valence-electron chi connectivity index (χ2n) is 5.37. The number of nitrogens with one attached hydrogen (secondary N) is 1. The Kier molecular flexibility index (Phi) is 6.00. The van der Waals surface area contributed by atoms with Gasteiger partial charge in [0.1, 0.15) is 5.82 Å². The van der Waals surface area contributed by atoms with Crippen molar-refractivity contribution in [3.05, 3.63) is 52.0 Å². The van der Waals surface area contributed by atoms with Gasteiger partial charge in [0.2, 0.25) is 0 Å². The Morgan fingerprint density at radius 2 is 2.10 bits per heavy atom. The van der Waals surface area contributed by atoms with Crippen molar-refractivity contribution in [3.63, 3.8) is 0 Å². The number of hydrogen-bond acceptors (Lipinski definition) is 2. The van der Waals surface area contributed by atoms with Crippen LogP contribution >= 0.6 is 15.9 Å². The molecule has 0 bridgehead atoms. The summed E-state index contributed by atoms with van der Waals surface area (Å²) in [6, 6.07) is 6.62. The summed E-state index contributed by atoms with van der Waals surface area (Å²) in [5, 5.41) is 3.65. The van der Waals surface area contributed by atoms with Gasteiger partial charge in [-0.2, -0.15) is 0 Å². The molecule has 2 aromatic rings. The van der Waals surface area contributed by atoms with Crippen molar-refractivity contribution in [2.75, 3.05) is 6.54 Å². The monoisotopic (exact) mass is 349 g/mol. The minimum absolute atomic E-state index is 0.152. The van der Waals surface area contributed by atoms with E-state index in [0.29, 0.717) is 0 Å². The number of aryl methyl sites for hydroxylation is 2. The van der Waals surface area contributed by atoms with E-state index in [1.165, 1.54) is 11.1 Å². The summed E-state index contributed by atoms with van der Waals surface area (Å²) in [7, 11) is 0. The second kappa shape index (κ2) is 7.76. The van der Waals surface area contributed by atoms with Crippen molar-refractivity contribution in [3.8, 4) is 0 Å². The van der Waals surface area contributed by atoms with Crippen LogP contribution in [0.5, 0.6) is 0 Å². The predicted molar refractivity (Wildman–Crippen MR) is 91.5 cm³/mol. The third-order valence-corrected chi connectivity index (χ3v) is 4.10. The van der Waals surface area contributed by atoms with Gasteiger partial charge < -0.3 is 9.88 Å². The van der Waals surface area contributed by atoms with Gasteiger partial charge in [-0.1, -0.05) is 35.8 Å². The van der Waals surface area contributed by atoms with E-state index < -0.39 is 0 Å². The van der Waals surface area contributed by atoms with Crippen LogP contribution in [-0.4, -0.2) is 16.1 Å². The van der Waals surface area contributed by atoms with E-state index in [2.05, 4.69) is 76.0 Å². The highest BCUT2D eigenvalue weighted by atomic mass is 79.9. The summed E-state index contributed by atoms with van der Waals surface area (Å²) in [6.45, 7) is 8.54. The first kappa shape index (κ1) is 16.2. The Hall–Kier alpha value is -1.13. The molecule has 1 aromatic carbocycles. The molecule has 114 valence electrons. The third-order valence-electron chi connectivity index (χ3n) is 3.61. The van der Waals surface area contributed by atoms with Gasteiger partial charge in [0, 0.05) is 23.4 Å². The molecule has 1 heterocycles. The molecule has 1 unspecified atom stereocenters. The van der Waals surface area contributed by atoms with Gasteiger partial charge >= 0.3 is 0 Å². The van der Waals surface area contributed by atoms with Crippen LogP contribution in [0.2, 0.25) is 0 Å². The number of hydrogen-bond donors (Lipinski definition) is 1. The topological polar surface area (TPSA) is 29.9 Å². The van der Waals surface area contributed by atoms with Crippen molar-refractivity contribution >= 4 is 15.9 Å². The molecule has 0 spiro atoms. The molecule has 4 heteroatoms. The van der Waals surface area contributed by atoms with E-state index >= 15 is 0 Å². The van der Waals surface area contributed by atoms with E-state index in [0.717, 1.165) is 36.2 Å². The van der Waals surface area contributed by atoms with Gasteiger partial charge in [0.05, 0.1) is 6.04 Å². The molecule has 21 heavy (non-hydrogen) atoms. The molecular formula is C17H24BrN3.